The Balaban J connectivity index is 1.54. The number of nitrogens with zero attached hydrogens (tertiary/aromatic N) is 3. The number of hydrogen-bond acceptors (Lipinski definition) is 6. The average Bonchev–Trinajstić information content (AvgIpc) is 3.34. The second-order valence-electron chi connectivity index (χ2n) is 7.04. The number of thiophene rings is 1. The number of aromatic nitrogens is 2. The number of carbonyl (C=O) groups is 1. The summed E-state index contributed by atoms with van der Waals surface area (Å²) in [7, 11) is 0. The highest BCUT2D eigenvalue weighted by atomic mass is 32.1. The summed E-state index contributed by atoms with van der Waals surface area (Å²) in [5, 5.41) is 10.4. The van der Waals surface area contributed by atoms with E-state index in [2.05, 4.69) is 10.2 Å². The lowest BCUT2D eigenvalue weighted by Crippen LogP contribution is -2.37. The predicted molar refractivity (Wildman–Crippen MR) is 94.3 cm³/mol. The van der Waals surface area contributed by atoms with Crippen molar-refractivity contribution in [3.8, 4) is 0 Å². The van der Waals surface area contributed by atoms with E-state index in [0.29, 0.717) is 38.1 Å². The molecule has 0 radical (unpaired) electrons. The molecular formula is C18H21N3O3S. The van der Waals surface area contributed by atoms with E-state index in [-0.39, 0.29) is 23.2 Å². The number of hydrogen-bond donors (Lipinski definition) is 0. The molecule has 2 aromatic rings. The standard InChI is InChI=1S/C18H21N3O3S/c1-12(2)16-19-20-17(24-16)18-10-21(8-13(18)9-23-11-18)15(22)6-5-14-4-3-7-25-14/h3-7,12-13H,8-11H2,1-2H3/b6-5+/t13-,18-/m1/s1. The molecule has 2 aliphatic heterocycles. The first-order valence-corrected chi connectivity index (χ1v) is 9.38. The summed E-state index contributed by atoms with van der Waals surface area (Å²) in [4.78, 5) is 15.5. The molecule has 1 amide bonds. The number of likely N-dealkylation sites (tertiary alicyclic amines) is 1. The van der Waals surface area contributed by atoms with Gasteiger partial charge in [0, 0.05) is 35.9 Å². The molecular weight excluding hydrogens is 338 g/mol. The SMILES string of the molecule is CC(C)c1nnc([C@]23COC[C@H]2CN(C(=O)/C=C/c2cccs2)C3)o1. The van der Waals surface area contributed by atoms with Crippen LogP contribution in [-0.4, -0.2) is 47.3 Å². The lowest BCUT2D eigenvalue weighted by molar-refractivity contribution is -0.125. The van der Waals surface area contributed by atoms with Crippen LogP contribution in [0.3, 0.4) is 0 Å². The van der Waals surface area contributed by atoms with E-state index in [1.165, 1.54) is 0 Å². The van der Waals surface area contributed by atoms with Crippen LogP contribution in [0.1, 0.15) is 36.4 Å². The highest BCUT2D eigenvalue weighted by molar-refractivity contribution is 7.10. The number of carbonyl (C=O) groups excluding carboxylic acids is 1. The Kier molecular flexibility index (Phi) is 4.21. The van der Waals surface area contributed by atoms with Crippen molar-refractivity contribution in [1.29, 1.82) is 0 Å². The van der Waals surface area contributed by atoms with Crippen LogP contribution in [0.2, 0.25) is 0 Å². The molecule has 2 aliphatic rings. The fourth-order valence-electron chi connectivity index (χ4n) is 3.52. The smallest absolute Gasteiger partial charge is 0.246 e. The monoisotopic (exact) mass is 359 g/mol. The van der Waals surface area contributed by atoms with Crippen molar-refractivity contribution in [2.75, 3.05) is 26.3 Å². The molecule has 2 fully saturated rings. The van der Waals surface area contributed by atoms with Crippen molar-refractivity contribution in [2.24, 2.45) is 5.92 Å². The van der Waals surface area contributed by atoms with E-state index in [1.807, 2.05) is 42.3 Å². The Bertz CT molecular complexity index is 783. The van der Waals surface area contributed by atoms with Gasteiger partial charge in [-0.2, -0.15) is 0 Å². The van der Waals surface area contributed by atoms with Crippen LogP contribution in [0, 0.1) is 5.92 Å². The number of amides is 1. The van der Waals surface area contributed by atoms with Gasteiger partial charge in [0.05, 0.1) is 18.6 Å². The quantitative estimate of drug-likeness (QED) is 0.785. The Morgan fingerprint density at radius 2 is 2.36 bits per heavy atom. The van der Waals surface area contributed by atoms with E-state index in [9.17, 15) is 4.79 Å². The zero-order valence-electron chi connectivity index (χ0n) is 14.3. The molecule has 0 saturated carbocycles. The molecule has 2 saturated heterocycles. The van der Waals surface area contributed by atoms with Crippen molar-refractivity contribution in [3.63, 3.8) is 0 Å². The van der Waals surface area contributed by atoms with Gasteiger partial charge in [0.25, 0.3) is 0 Å². The van der Waals surface area contributed by atoms with Crippen LogP contribution < -0.4 is 0 Å². The maximum absolute atomic E-state index is 12.6. The van der Waals surface area contributed by atoms with Crippen molar-refractivity contribution in [3.05, 3.63) is 40.2 Å². The van der Waals surface area contributed by atoms with E-state index in [1.54, 1.807) is 17.4 Å². The first kappa shape index (κ1) is 16.5. The second-order valence-corrected chi connectivity index (χ2v) is 8.02. The Hall–Kier alpha value is -1.99. The van der Waals surface area contributed by atoms with Crippen LogP contribution in [0.25, 0.3) is 6.08 Å². The first-order chi connectivity index (χ1) is 12.1. The van der Waals surface area contributed by atoms with E-state index in [4.69, 9.17) is 9.15 Å². The fourth-order valence-corrected chi connectivity index (χ4v) is 4.14. The molecule has 0 bridgehead atoms. The molecule has 0 unspecified atom stereocenters. The van der Waals surface area contributed by atoms with Gasteiger partial charge in [0.15, 0.2) is 0 Å². The molecule has 0 N–H and O–H groups in total. The van der Waals surface area contributed by atoms with Crippen molar-refractivity contribution >= 4 is 23.3 Å². The van der Waals surface area contributed by atoms with E-state index < -0.39 is 0 Å². The summed E-state index contributed by atoms with van der Waals surface area (Å²) in [6, 6.07) is 3.97. The van der Waals surface area contributed by atoms with Gasteiger partial charge in [-0.15, -0.1) is 21.5 Å². The zero-order chi connectivity index (χ0) is 17.4. The summed E-state index contributed by atoms with van der Waals surface area (Å²) in [6.45, 7) is 6.42. The average molecular weight is 359 g/mol. The predicted octanol–water partition coefficient (Wildman–Crippen LogP) is 2.69. The number of ether oxygens (including phenoxy) is 1. The Labute approximate surface area is 150 Å². The molecule has 7 heteroatoms. The minimum atomic E-state index is -0.368. The van der Waals surface area contributed by atoms with Crippen LogP contribution in [0.4, 0.5) is 0 Å². The van der Waals surface area contributed by atoms with Crippen molar-refractivity contribution in [1.82, 2.24) is 15.1 Å². The number of fused-ring (bicyclic) bond motifs is 1. The third kappa shape index (κ3) is 2.91. The van der Waals surface area contributed by atoms with Gasteiger partial charge in [-0.1, -0.05) is 19.9 Å². The largest absolute Gasteiger partial charge is 0.424 e. The fraction of sp³-hybridized carbons (Fsp3) is 0.500. The maximum Gasteiger partial charge on any atom is 0.246 e. The van der Waals surface area contributed by atoms with Crippen LogP contribution in [0.5, 0.6) is 0 Å². The number of rotatable bonds is 4. The van der Waals surface area contributed by atoms with Gasteiger partial charge in [0.1, 0.15) is 0 Å². The third-order valence-corrected chi connectivity index (χ3v) is 5.82. The third-order valence-electron chi connectivity index (χ3n) is 4.98. The highest BCUT2D eigenvalue weighted by Gasteiger charge is 2.56. The summed E-state index contributed by atoms with van der Waals surface area (Å²) >= 11 is 1.61. The topological polar surface area (TPSA) is 68.5 Å². The minimum absolute atomic E-state index is 0.0192. The second kappa shape index (κ2) is 6.38. The molecule has 0 aromatic carbocycles. The summed E-state index contributed by atoms with van der Waals surface area (Å²) in [6.07, 6.45) is 3.52. The molecule has 6 nitrogen and oxygen atoms in total. The molecule has 4 rings (SSSR count). The van der Waals surface area contributed by atoms with Crippen molar-refractivity contribution < 1.29 is 13.9 Å². The molecule has 4 heterocycles. The molecule has 2 aromatic heterocycles. The summed E-state index contributed by atoms with van der Waals surface area (Å²) in [5.41, 5.74) is -0.368. The van der Waals surface area contributed by atoms with E-state index >= 15 is 0 Å². The molecule has 2 atom stereocenters. The normalized spacial score (nSPS) is 26.0. The highest BCUT2D eigenvalue weighted by Crippen LogP contribution is 2.43. The zero-order valence-corrected chi connectivity index (χ0v) is 15.2. The van der Waals surface area contributed by atoms with Crippen LogP contribution >= 0.6 is 11.3 Å². The Morgan fingerprint density at radius 3 is 3.08 bits per heavy atom. The van der Waals surface area contributed by atoms with Crippen molar-refractivity contribution in [2.45, 2.75) is 25.2 Å². The lowest BCUT2D eigenvalue weighted by atomic mass is 9.81. The Morgan fingerprint density at radius 1 is 1.48 bits per heavy atom. The molecule has 25 heavy (non-hydrogen) atoms. The van der Waals surface area contributed by atoms with Gasteiger partial charge >= 0.3 is 0 Å². The van der Waals surface area contributed by atoms with Gasteiger partial charge < -0.3 is 14.1 Å². The van der Waals surface area contributed by atoms with E-state index in [0.717, 1.165) is 4.88 Å². The summed E-state index contributed by atoms with van der Waals surface area (Å²) < 4.78 is 11.6. The first-order valence-electron chi connectivity index (χ1n) is 8.50. The van der Waals surface area contributed by atoms with Gasteiger partial charge in [0.2, 0.25) is 17.7 Å². The van der Waals surface area contributed by atoms with Gasteiger partial charge in [-0.05, 0) is 17.5 Å². The summed E-state index contributed by atoms with van der Waals surface area (Å²) in [5.74, 6) is 1.65. The molecule has 0 spiro atoms. The van der Waals surface area contributed by atoms with Crippen LogP contribution in [-0.2, 0) is 14.9 Å². The van der Waals surface area contributed by atoms with Crippen LogP contribution in [0.15, 0.2) is 28.0 Å². The van der Waals surface area contributed by atoms with Gasteiger partial charge in [-0.25, -0.2) is 0 Å². The maximum atomic E-state index is 12.6. The minimum Gasteiger partial charge on any atom is -0.424 e. The molecule has 0 aliphatic carbocycles. The molecule has 132 valence electrons. The van der Waals surface area contributed by atoms with Gasteiger partial charge in [-0.3, -0.25) is 4.79 Å². The lowest BCUT2D eigenvalue weighted by Gasteiger charge is -2.22.